The van der Waals surface area contributed by atoms with Gasteiger partial charge < -0.3 is 15.0 Å². The van der Waals surface area contributed by atoms with Crippen molar-refractivity contribution in [3.8, 4) is 0 Å². The van der Waals surface area contributed by atoms with Gasteiger partial charge in [0.15, 0.2) is 5.69 Å². The van der Waals surface area contributed by atoms with Crippen LogP contribution in [0.2, 0.25) is 0 Å². The Hall–Kier alpha value is -1.52. The standard InChI is InChI=1S/C9H15N3O2/c1-4-6(2)12-5-11-7(8(12)10)9(13)14-3/h5-6H,4,10H2,1-3H3. The Balaban J connectivity index is 3.02. The zero-order valence-corrected chi connectivity index (χ0v) is 8.65. The van der Waals surface area contributed by atoms with E-state index in [4.69, 9.17) is 5.73 Å². The molecule has 0 aliphatic carbocycles. The van der Waals surface area contributed by atoms with Gasteiger partial charge in [0, 0.05) is 6.04 Å². The van der Waals surface area contributed by atoms with Crippen LogP contribution in [0.15, 0.2) is 6.33 Å². The molecule has 14 heavy (non-hydrogen) atoms. The Labute approximate surface area is 82.9 Å². The molecular formula is C9H15N3O2. The second kappa shape index (κ2) is 4.13. The van der Waals surface area contributed by atoms with E-state index in [0.717, 1.165) is 6.42 Å². The smallest absolute Gasteiger partial charge is 0.360 e. The number of aromatic nitrogens is 2. The molecule has 0 spiro atoms. The fourth-order valence-corrected chi connectivity index (χ4v) is 1.17. The van der Waals surface area contributed by atoms with Crippen molar-refractivity contribution < 1.29 is 9.53 Å². The van der Waals surface area contributed by atoms with Crippen LogP contribution < -0.4 is 5.73 Å². The summed E-state index contributed by atoms with van der Waals surface area (Å²) in [6.45, 7) is 4.06. The van der Waals surface area contributed by atoms with Crippen molar-refractivity contribution in [2.75, 3.05) is 12.8 Å². The molecule has 5 heteroatoms. The Kier molecular flexibility index (Phi) is 3.11. The van der Waals surface area contributed by atoms with Gasteiger partial charge in [0.25, 0.3) is 0 Å². The van der Waals surface area contributed by atoms with Crippen LogP contribution in [0.1, 0.15) is 36.8 Å². The van der Waals surface area contributed by atoms with Crippen LogP contribution in [-0.4, -0.2) is 22.6 Å². The second-order valence-corrected chi connectivity index (χ2v) is 3.13. The van der Waals surface area contributed by atoms with Crippen LogP contribution in [0.3, 0.4) is 0 Å². The molecule has 1 aromatic rings. The largest absolute Gasteiger partial charge is 0.464 e. The maximum absolute atomic E-state index is 11.2. The summed E-state index contributed by atoms with van der Waals surface area (Å²) in [6, 6.07) is 0.237. The summed E-state index contributed by atoms with van der Waals surface area (Å²) in [4.78, 5) is 15.1. The third-order valence-corrected chi connectivity index (χ3v) is 2.28. The van der Waals surface area contributed by atoms with E-state index < -0.39 is 5.97 Å². The normalized spacial score (nSPS) is 12.5. The summed E-state index contributed by atoms with van der Waals surface area (Å²) in [7, 11) is 1.31. The minimum absolute atomic E-state index is 0.188. The maximum atomic E-state index is 11.2. The van der Waals surface area contributed by atoms with Gasteiger partial charge in [0.05, 0.1) is 13.4 Å². The van der Waals surface area contributed by atoms with Gasteiger partial charge in [-0.1, -0.05) is 6.92 Å². The molecule has 0 bridgehead atoms. The Morgan fingerprint density at radius 1 is 1.79 bits per heavy atom. The lowest BCUT2D eigenvalue weighted by molar-refractivity contribution is 0.0596. The Morgan fingerprint density at radius 3 is 2.93 bits per heavy atom. The molecule has 1 aromatic heterocycles. The summed E-state index contributed by atoms with van der Waals surface area (Å²) in [6.07, 6.45) is 2.50. The molecule has 0 saturated heterocycles. The fourth-order valence-electron chi connectivity index (χ4n) is 1.17. The molecule has 0 aromatic carbocycles. The lowest BCUT2D eigenvalue weighted by atomic mass is 10.2. The van der Waals surface area contributed by atoms with Crippen molar-refractivity contribution in [1.82, 2.24) is 9.55 Å². The van der Waals surface area contributed by atoms with Crippen LogP contribution >= 0.6 is 0 Å². The highest BCUT2D eigenvalue weighted by molar-refractivity contribution is 5.92. The molecule has 0 saturated carbocycles. The van der Waals surface area contributed by atoms with Gasteiger partial charge in [-0.25, -0.2) is 9.78 Å². The van der Waals surface area contributed by atoms with Gasteiger partial charge in [0.2, 0.25) is 0 Å². The molecule has 0 aliphatic rings. The van der Waals surface area contributed by atoms with Crippen LogP contribution in [0.4, 0.5) is 5.82 Å². The predicted octanol–water partition coefficient (Wildman–Crippen LogP) is 1.22. The number of carbonyl (C=O) groups is 1. The van der Waals surface area contributed by atoms with E-state index in [9.17, 15) is 4.79 Å². The van der Waals surface area contributed by atoms with Gasteiger partial charge in [-0.15, -0.1) is 0 Å². The topological polar surface area (TPSA) is 70.1 Å². The highest BCUT2D eigenvalue weighted by Gasteiger charge is 2.17. The highest BCUT2D eigenvalue weighted by Crippen LogP contribution is 2.18. The van der Waals surface area contributed by atoms with Gasteiger partial charge in [-0.2, -0.15) is 0 Å². The molecule has 1 rings (SSSR count). The molecule has 2 N–H and O–H groups in total. The van der Waals surface area contributed by atoms with Crippen LogP contribution in [0.25, 0.3) is 0 Å². The lowest BCUT2D eigenvalue weighted by Crippen LogP contribution is -2.10. The average Bonchev–Trinajstić information content (AvgIpc) is 2.58. The monoisotopic (exact) mass is 197 g/mol. The summed E-state index contributed by atoms with van der Waals surface area (Å²) >= 11 is 0. The molecule has 1 heterocycles. The lowest BCUT2D eigenvalue weighted by Gasteiger charge is -2.11. The number of hydrogen-bond donors (Lipinski definition) is 1. The van der Waals surface area contributed by atoms with Crippen LogP contribution in [0.5, 0.6) is 0 Å². The third kappa shape index (κ3) is 1.71. The molecule has 1 atom stereocenters. The summed E-state index contributed by atoms with van der Waals surface area (Å²) in [5.74, 6) is -0.129. The minimum Gasteiger partial charge on any atom is -0.464 e. The summed E-state index contributed by atoms with van der Waals surface area (Å²) in [5.41, 5.74) is 5.94. The summed E-state index contributed by atoms with van der Waals surface area (Å²) < 4.78 is 6.32. The van der Waals surface area contributed by atoms with E-state index in [0.29, 0.717) is 5.82 Å². The number of rotatable bonds is 3. The molecule has 5 nitrogen and oxygen atoms in total. The number of anilines is 1. The van der Waals surface area contributed by atoms with E-state index in [1.54, 1.807) is 10.9 Å². The van der Waals surface area contributed by atoms with E-state index in [1.807, 2.05) is 13.8 Å². The first kappa shape index (κ1) is 10.6. The number of ether oxygens (including phenoxy) is 1. The number of hydrogen-bond acceptors (Lipinski definition) is 4. The van der Waals surface area contributed by atoms with Crippen molar-refractivity contribution in [3.63, 3.8) is 0 Å². The predicted molar refractivity (Wildman–Crippen MR) is 53.0 cm³/mol. The SMILES string of the molecule is CCC(C)n1cnc(C(=O)OC)c1N. The number of imidazole rings is 1. The highest BCUT2D eigenvalue weighted by atomic mass is 16.5. The van der Waals surface area contributed by atoms with Gasteiger partial charge in [-0.05, 0) is 13.3 Å². The number of nitrogens with two attached hydrogens (primary N) is 1. The third-order valence-electron chi connectivity index (χ3n) is 2.28. The van der Waals surface area contributed by atoms with E-state index in [-0.39, 0.29) is 11.7 Å². The second-order valence-electron chi connectivity index (χ2n) is 3.13. The number of nitrogens with zero attached hydrogens (tertiary/aromatic N) is 2. The molecule has 0 radical (unpaired) electrons. The molecule has 0 aliphatic heterocycles. The van der Waals surface area contributed by atoms with Crippen molar-refractivity contribution in [2.45, 2.75) is 26.3 Å². The van der Waals surface area contributed by atoms with Crippen molar-refractivity contribution >= 4 is 11.8 Å². The zero-order chi connectivity index (χ0) is 10.7. The number of carbonyl (C=O) groups excluding carboxylic acids is 1. The number of esters is 1. The van der Waals surface area contributed by atoms with Gasteiger partial charge in [-0.3, -0.25) is 0 Å². The van der Waals surface area contributed by atoms with Crippen molar-refractivity contribution in [2.24, 2.45) is 0 Å². The van der Waals surface area contributed by atoms with Crippen molar-refractivity contribution in [3.05, 3.63) is 12.0 Å². The van der Waals surface area contributed by atoms with Crippen LogP contribution in [-0.2, 0) is 4.74 Å². The quantitative estimate of drug-likeness (QED) is 0.740. The molecule has 0 amide bonds. The number of methoxy groups -OCH3 is 1. The van der Waals surface area contributed by atoms with E-state index in [1.165, 1.54) is 7.11 Å². The van der Waals surface area contributed by atoms with E-state index in [2.05, 4.69) is 9.72 Å². The average molecular weight is 197 g/mol. The molecule has 0 fully saturated rings. The molecule has 78 valence electrons. The Morgan fingerprint density at radius 2 is 2.43 bits per heavy atom. The number of nitrogen functional groups attached to an aromatic ring is 1. The van der Waals surface area contributed by atoms with Crippen LogP contribution in [0, 0.1) is 0 Å². The minimum atomic E-state index is -0.496. The first-order valence-electron chi connectivity index (χ1n) is 4.52. The maximum Gasteiger partial charge on any atom is 0.360 e. The molecule has 1 unspecified atom stereocenters. The zero-order valence-electron chi connectivity index (χ0n) is 8.65. The van der Waals surface area contributed by atoms with E-state index >= 15 is 0 Å². The summed E-state index contributed by atoms with van der Waals surface area (Å²) in [5, 5.41) is 0. The van der Waals surface area contributed by atoms with Gasteiger partial charge >= 0.3 is 5.97 Å². The van der Waals surface area contributed by atoms with Crippen molar-refractivity contribution in [1.29, 1.82) is 0 Å². The molecular weight excluding hydrogens is 182 g/mol. The Bertz CT molecular complexity index is 333. The first-order chi connectivity index (χ1) is 6.61. The van der Waals surface area contributed by atoms with Gasteiger partial charge in [0.1, 0.15) is 5.82 Å². The fraction of sp³-hybridized carbons (Fsp3) is 0.556. The first-order valence-corrected chi connectivity index (χ1v) is 4.52.